The molecule has 1 unspecified atom stereocenters. The molecule has 1 atom stereocenters. The molecule has 10 heteroatoms. The number of nitrogens with zero attached hydrogens (tertiary/aromatic N) is 2. The highest BCUT2D eigenvalue weighted by atomic mass is 35.5. The molecule has 1 amide bonds. The largest absolute Gasteiger partial charge is 0.495 e. The zero-order chi connectivity index (χ0) is 18.7. The molecule has 1 aromatic heterocycles. The van der Waals surface area contributed by atoms with Gasteiger partial charge in [-0.2, -0.15) is 0 Å². The highest BCUT2D eigenvalue weighted by Crippen LogP contribution is 2.27. The number of methoxy groups -OCH3 is 1. The van der Waals surface area contributed by atoms with Crippen molar-refractivity contribution in [3.8, 4) is 5.75 Å². The van der Waals surface area contributed by atoms with Gasteiger partial charge in [0, 0.05) is 17.9 Å². The summed E-state index contributed by atoms with van der Waals surface area (Å²) in [4.78, 5) is 20.6. The van der Waals surface area contributed by atoms with Gasteiger partial charge in [0.05, 0.1) is 23.6 Å². The lowest BCUT2D eigenvalue weighted by atomic mass is 10.2. The summed E-state index contributed by atoms with van der Waals surface area (Å²) in [5, 5.41) is 6.03. The molecule has 1 saturated heterocycles. The number of anilines is 2. The van der Waals surface area contributed by atoms with E-state index >= 15 is 0 Å². The Balaban J connectivity index is 1.69. The van der Waals surface area contributed by atoms with E-state index in [0.717, 1.165) is 0 Å². The van der Waals surface area contributed by atoms with Crippen LogP contribution in [0.25, 0.3) is 0 Å². The van der Waals surface area contributed by atoms with Crippen LogP contribution in [0.15, 0.2) is 30.5 Å². The van der Waals surface area contributed by atoms with Gasteiger partial charge >= 0.3 is 0 Å². The second-order valence-electron chi connectivity index (χ2n) is 5.81. The Morgan fingerprint density at radius 2 is 2.15 bits per heavy atom. The summed E-state index contributed by atoms with van der Waals surface area (Å²) in [7, 11) is -1.51. The van der Waals surface area contributed by atoms with Gasteiger partial charge in [0.2, 0.25) is 5.95 Å². The van der Waals surface area contributed by atoms with E-state index < -0.39 is 15.7 Å². The lowest BCUT2D eigenvalue weighted by molar-refractivity contribution is 0.102. The zero-order valence-electron chi connectivity index (χ0n) is 13.9. The van der Waals surface area contributed by atoms with Gasteiger partial charge in [-0.25, -0.2) is 18.4 Å². The van der Waals surface area contributed by atoms with Gasteiger partial charge in [-0.15, -0.1) is 0 Å². The van der Waals surface area contributed by atoms with Crippen LogP contribution in [0.4, 0.5) is 11.6 Å². The Labute approximate surface area is 155 Å². The van der Waals surface area contributed by atoms with E-state index in [1.165, 1.54) is 19.4 Å². The molecule has 0 spiro atoms. The van der Waals surface area contributed by atoms with Crippen molar-refractivity contribution in [1.29, 1.82) is 0 Å². The predicted octanol–water partition coefficient (Wildman–Crippen LogP) is 1.99. The van der Waals surface area contributed by atoms with Crippen molar-refractivity contribution in [3.63, 3.8) is 0 Å². The van der Waals surface area contributed by atoms with Crippen molar-refractivity contribution in [2.24, 2.45) is 0 Å². The van der Waals surface area contributed by atoms with E-state index in [2.05, 4.69) is 20.6 Å². The minimum absolute atomic E-state index is 0.0388. The number of halogens is 1. The van der Waals surface area contributed by atoms with E-state index in [1.54, 1.807) is 18.2 Å². The molecule has 8 nitrogen and oxygen atoms in total. The van der Waals surface area contributed by atoms with E-state index in [1.807, 2.05) is 0 Å². The first-order chi connectivity index (χ1) is 12.4. The van der Waals surface area contributed by atoms with Crippen LogP contribution >= 0.6 is 11.6 Å². The van der Waals surface area contributed by atoms with E-state index in [-0.39, 0.29) is 29.2 Å². The van der Waals surface area contributed by atoms with E-state index in [4.69, 9.17) is 16.3 Å². The number of hydrogen-bond acceptors (Lipinski definition) is 7. The standard InChI is InChI=1S/C16H17ClN4O4S/c1-25-14-3-2-10(8-12(14)17)19-15(22)13-4-6-18-16(21-13)20-11-5-7-26(23,24)9-11/h2-4,6,8,11H,5,7,9H2,1H3,(H,19,22)(H,18,20,21). The Hall–Kier alpha value is -2.39. The fourth-order valence-corrected chi connectivity index (χ4v) is 4.52. The number of rotatable bonds is 5. The Kier molecular flexibility index (Phi) is 5.28. The minimum atomic E-state index is -3.01. The number of ether oxygens (including phenoxy) is 1. The summed E-state index contributed by atoms with van der Waals surface area (Å²) in [6.07, 6.45) is 1.93. The van der Waals surface area contributed by atoms with Crippen LogP contribution < -0.4 is 15.4 Å². The molecule has 0 saturated carbocycles. The van der Waals surface area contributed by atoms with Gasteiger partial charge in [-0.05, 0) is 30.7 Å². The molecule has 138 valence electrons. The average Bonchev–Trinajstić information content (AvgIpc) is 2.94. The lowest BCUT2D eigenvalue weighted by Gasteiger charge is -2.11. The monoisotopic (exact) mass is 396 g/mol. The van der Waals surface area contributed by atoms with Crippen LogP contribution in [-0.2, 0) is 9.84 Å². The molecule has 0 bridgehead atoms. The van der Waals surface area contributed by atoms with Crippen LogP contribution in [0.3, 0.4) is 0 Å². The molecule has 0 radical (unpaired) electrons. The molecule has 3 rings (SSSR count). The second kappa shape index (κ2) is 7.46. The van der Waals surface area contributed by atoms with Crippen LogP contribution in [-0.4, -0.2) is 49.0 Å². The Morgan fingerprint density at radius 1 is 1.35 bits per heavy atom. The van der Waals surface area contributed by atoms with Gasteiger partial charge in [-0.1, -0.05) is 11.6 Å². The van der Waals surface area contributed by atoms with Gasteiger partial charge in [0.15, 0.2) is 9.84 Å². The number of sulfone groups is 1. The molecule has 0 aliphatic carbocycles. The van der Waals surface area contributed by atoms with E-state index in [0.29, 0.717) is 22.9 Å². The number of carbonyl (C=O) groups is 1. The van der Waals surface area contributed by atoms with Crippen molar-refractivity contribution < 1.29 is 17.9 Å². The number of amides is 1. The zero-order valence-corrected chi connectivity index (χ0v) is 15.5. The average molecular weight is 397 g/mol. The topological polar surface area (TPSA) is 110 Å². The normalized spacial score (nSPS) is 18.3. The highest BCUT2D eigenvalue weighted by molar-refractivity contribution is 7.91. The van der Waals surface area contributed by atoms with Gasteiger partial charge < -0.3 is 15.4 Å². The molecule has 2 N–H and O–H groups in total. The molecule has 26 heavy (non-hydrogen) atoms. The van der Waals surface area contributed by atoms with Crippen LogP contribution in [0.2, 0.25) is 5.02 Å². The SMILES string of the molecule is COc1ccc(NC(=O)c2ccnc(NC3CCS(=O)(=O)C3)n2)cc1Cl. The highest BCUT2D eigenvalue weighted by Gasteiger charge is 2.28. The fourth-order valence-electron chi connectivity index (χ4n) is 2.59. The molecule has 1 fully saturated rings. The summed E-state index contributed by atoms with van der Waals surface area (Å²) in [6.45, 7) is 0. The first-order valence-corrected chi connectivity index (χ1v) is 10.0. The van der Waals surface area contributed by atoms with Crippen LogP contribution in [0.5, 0.6) is 5.75 Å². The molecular weight excluding hydrogens is 380 g/mol. The third-order valence-corrected chi connectivity index (χ3v) is 5.93. The van der Waals surface area contributed by atoms with Crippen molar-refractivity contribution >= 4 is 39.0 Å². The number of carbonyl (C=O) groups excluding carboxylic acids is 1. The fraction of sp³-hybridized carbons (Fsp3) is 0.312. The maximum absolute atomic E-state index is 12.4. The number of nitrogens with one attached hydrogen (secondary N) is 2. The predicted molar refractivity (Wildman–Crippen MR) is 98.7 cm³/mol. The van der Waals surface area contributed by atoms with Crippen LogP contribution in [0.1, 0.15) is 16.9 Å². The maximum atomic E-state index is 12.4. The summed E-state index contributed by atoms with van der Waals surface area (Å²) >= 11 is 6.04. The summed E-state index contributed by atoms with van der Waals surface area (Å²) < 4.78 is 28.1. The third kappa shape index (κ3) is 4.41. The summed E-state index contributed by atoms with van der Waals surface area (Å²) in [5.41, 5.74) is 0.645. The van der Waals surface area contributed by atoms with Crippen molar-refractivity contribution in [2.75, 3.05) is 29.2 Å². The van der Waals surface area contributed by atoms with E-state index in [9.17, 15) is 13.2 Å². The smallest absolute Gasteiger partial charge is 0.274 e. The minimum Gasteiger partial charge on any atom is -0.495 e. The van der Waals surface area contributed by atoms with Crippen molar-refractivity contribution in [2.45, 2.75) is 12.5 Å². The van der Waals surface area contributed by atoms with Gasteiger partial charge in [0.1, 0.15) is 11.4 Å². The quantitative estimate of drug-likeness (QED) is 0.795. The number of hydrogen-bond donors (Lipinski definition) is 2. The maximum Gasteiger partial charge on any atom is 0.274 e. The van der Waals surface area contributed by atoms with Crippen molar-refractivity contribution in [3.05, 3.63) is 41.2 Å². The first kappa shape index (κ1) is 18.4. The number of benzene rings is 1. The molecule has 1 aliphatic heterocycles. The van der Waals surface area contributed by atoms with Crippen LogP contribution in [0, 0.1) is 0 Å². The number of aromatic nitrogens is 2. The molecule has 1 aromatic carbocycles. The first-order valence-electron chi connectivity index (χ1n) is 7.81. The summed E-state index contributed by atoms with van der Waals surface area (Å²) in [6, 6.07) is 6.09. The van der Waals surface area contributed by atoms with Crippen molar-refractivity contribution in [1.82, 2.24) is 9.97 Å². The Bertz CT molecular complexity index is 936. The third-order valence-electron chi connectivity index (χ3n) is 3.86. The molecule has 1 aliphatic rings. The Morgan fingerprint density at radius 3 is 2.81 bits per heavy atom. The van der Waals surface area contributed by atoms with Gasteiger partial charge in [-0.3, -0.25) is 4.79 Å². The lowest BCUT2D eigenvalue weighted by Crippen LogP contribution is -2.23. The van der Waals surface area contributed by atoms with Gasteiger partial charge in [0.25, 0.3) is 5.91 Å². The summed E-state index contributed by atoms with van der Waals surface area (Å²) in [5.74, 6) is 0.466. The molecule has 2 aromatic rings. The molecular formula is C16H17ClN4O4S. The molecule has 2 heterocycles. The second-order valence-corrected chi connectivity index (χ2v) is 8.45.